The quantitative estimate of drug-likeness (QED) is 0.683. The Hall–Kier alpha value is 0.130. The molecule has 20 heavy (non-hydrogen) atoms. The van der Waals surface area contributed by atoms with Crippen LogP contribution in [0.15, 0.2) is 4.47 Å². The van der Waals surface area contributed by atoms with E-state index in [-0.39, 0.29) is 0 Å². The highest BCUT2D eigenvalue weighted by Gasteiger charge is 2.22. The van der Waals surface area contributed by atoms with Crippen LogP contribution in [0.3, 0.4) is 0 Å². The molecule has 0 spiro atoms. The highest BCUT2D eigenvalue weighted by atomic mass is 79.9. The molecule has 2 aliphatic carbocycles. The number of hydrogen-bond acceptors (Lipinski definition) is 3. The van der Waals surface area contributed by atoms with Crippen LogP contribution in [0, 0.1) is 4.64 Å². The van der Waals surface area contributed by atoms with E-state index in [2.05, 4.69) is 25.9 Å². The van der Waals surface area contributed by atoms with Crippen molar-refractivity contribution in [2.24, 2.45) is 0 Å². The number of nitrogens with one attached hydrogen (secondary N) is 1. The number of halogens is 1. The van der Waals surface area contributed by atoms with E-state index in [4.69, 9.17) is 12.2 Å². The monoisotopic (exact) mass is 372 g/mol. The highest BCUT2D eigenvalue weighted by Crippen LogP contribution is 2.37. The normalized spacial score (nSPS) is 20.9. The summed E-state index contributed by atoms with van der Waals surface area (Å²) in [7, 11) is 0. The molecule has 5 heteroatoms. The second-order valence-electron chi connectivity index (χ2n) is 5.92. The molecule has 2 aliphatic rings. The van der Waals surface area contributed by atoms with Gasteiger partial charge < -0.3 is 4.98 Å². The fourth-order valence-corrected chi connectivity index (χ4v) is 5.27. The van der Waals surface area contributed by atoms with Crippen molar-refractivity contribution in [2.45, 2.75) is 68.3 Å². The first-order valence-corrected chi connectivity index (χ1v) is 9.89. The molecule has 0 saturated heterocycles. The predicted octanol–water partition coefficient (Wildman–Crippen LogP) is 5.74. The molecule has 1 heterocycles. The minimum absolute atomic E-state index is 0.643. The molecule has 2 nitrogen and oxygen atoms in total. The van der Waals surface area contributed by atoms with Crippen molar-refractivity contribution in [1.29, 1.82) is 0 Å². The molecule has 2 fully saturated rings. The third kappa shape index (κ3) is 3.47. The highest BCUT2D eigenvalue weighted by molar-refractivity contribution is 9.10. The first-order valence-electron chi connectivity index (χ1n) is 7.64. The summed E-state index contributed by atoms with van der Waals surface area (Å²) >= 11 is 11.1. The van der Waals surface area contributed by atoms with Crippen molar-refractivity contribution in [3.8, 4) is 0 Å². The van der Waals surface area contributed by atoms with Gasteiger partial charge in [-0.25, -0.2) is 4.98 Å². The van der Waals surface area contributed by atoms with Crippen LogP contribution in [0.25, 0.3) is 0 Å². The van der Waals surface area contributed by atoms with Crippen molar-refractivity contribution < 1.29 is 0 Å². The zero-order valence-electron chi connectivity index (χ0n) is 11.7. The zero-order valence-corrected chi connectivity index (χ0v) is 14.9. The Balaban J connectivity index is 1.75. The number of H-pyrrole nitrogens is 1. The van der Waals surface area contributed by atoms with Gasteiger partial charge in [0.2, 0.25) is 0 Å². The lowest BCUT2D eigenvalue weighted by molar-refractivity contribution is 0.682. The van der Waals surface area contributed by atoms with E-state index in [1.807, 2.05) is 11.8 Å². The fraction of sp³-hybridized carbons (Fsp3) is 0.733. The Morgan fingerprint density at radius 3 is 2.50 bits per heavy atom. The first-order chi connectivity index (χ1) is 9.74. The maximum atomic E-state index is 5.43. The standard InChI is InChI=1S/C15H21BrN2S2/c16-13-14(10-5-1-2-6-10)17-12(18-15(13)19)9-20-11-7-3-4-8-11/h10-11H,1-9H2,(H,17,18,19). The summed E-state index contributed by atoms with van der Waals surface area (Å²) in [4.78, 5) is 8.13. The van der Waals surface area contributed by atoms with E-state index in [1.165, 1.54) is 57.1 Å². The van der Waals surface area contributed by atoms with Crippen molar-refractivity contribution in [1.82, 2.24) is 9.97 Å². The van der Waals surface area contributed by atoms with Crippen molar-refractivity contribution >= 4 is 39.9 Å². The molecule has 0 atom stereocenters. The molecular weight excluding hydrogens is 352 g/mol. The zero-order chi connectivity index (χ0) is 13.9. The number of hydrogen-bond donors (Lipinski definition) is 1. The average molecular weight is 373 g/mol. The van der Waals surface area contributed by atoms with Crippen LogP contribution in [-0.2, 0) is 5.75 Å². The summed E-state index contributed by atoms with van der Waals surface area (Å²) < 4.78 is 1.75. The van der Waals surface area contributed by atoms with Gasteiger partial charge in [-0.2, -0.15) is 11.8 Å². The van der Waals surface area contributed by atoms with Gasteiger partial charge in [-0.1, -0.05) is 37.9 Å². The molecule has 0 aromatic carbocycles. The summed E-state index contributed by atoms with van der Waals surface area (Å²) in [5, 5.41) is 0.831. The van der Waals surface area contributed by atoms with Crippen LogP contribution < -0.4 is 0 Å². The van der Waals surface area contributed by atoms with E-state index in [1.54, 1.807) is 0 Å². The van der Waals surface area contributed by atoms with Gasteiger partial charge in [0.1, 0.15) is 10.5 Å². The van der Waals surface area contributed by atoms with Crippen molar-refractivity contribution in [3.63, 3.8) is 0 Å². The van der Waals surface area contributed by atoms with Crippen LogP contribution >= 0.6 is 39.9 Å². The Labute approximate surface area is 138 Å². The molecule has 1 N–H and O–H groups in total. The topological polar surface area (TPSA) is 28.7 Å². The van der Waals surface area contributed by atoms with Gasteiger partial charge >= 0.3 is 0 Å². The third-order valence-corrected chi connectivity index (χ3v) is 7.20. The Bertz CT molecular complexity index is 517. The van der Waals surface area contributed by atoms with Crippen molar-refractivity contribution in [3.05, 3.63) is 20.6 Å². The third-order valence-electron chi connectivity index (χ3n) is 4.46. The minimum atomic E-state index is 0.643. The molecule has 0 radical (unpaired) electrons. The smallest absolute Gasteiger partial charge is 0.144 e. The second kappa shape index (κ2) is 6.93. The summed E-state index contributed by atoms with van der Waals surface area (Å²) in [5.74, 6) is 2.68. The molecule has 0 bridgehead atoms. The van der Waals surface area contributed by atoms with Gasteiger partial charge in [-0.15, -0.1) is 0 Å². The molecule has 3 rings (SSSR count). The molecular formula is C15H21BrN2S2. The summed E-state index contributed by atoms with van der Waals surface area (Å²) in [6.45, 7) is 0. The SMILES string of the molecule is S=c1nc(CSC2CCCC2)[nH]c(C2CCCC2)c1Br. The maximum Gasteiger partial charge on any atom is 0.144 e. The molecule has 0 aliphatic heterocycles. The van der Waals surface area contributed by atoms with Gasteiger partial charge in [0, 0.05) is 16.9 Å². The van der Waals surface area contributed by atoms with Gasteiger partial charge in [-0.05, 0) is 41.6 Å². The molecule has 0 amide bonds. The summed E-state index contributed by atoms with van der Waals surface area (Å²) in [6, 6.07) is 0. The average Bonchev–Trinajstić information content (AvgIpc) is 3.12. The number of rotatable bonds is 4. The largest absolute Gasteiger partial charge is 0.345 e. The van der Waals surface area contributed by atoms with E-state index < -0.39 is 0 Å². The Morgan fingerprint density at radius 2 is 1.80 bits per heavy atom. The lowest BCUT2D eigenvalue weighted by Gasteiger charge is -2.15. The molecule has 1 aromatic rings. The Kier molecular flexibility index (Phi) is 5.21. The van der Waals surface area contributed by atoms with Crippen molar-refractivity contribution in [2.75, 3.05) is 0 Å². The Morgan fingerprint density at radius 1 is 1.15 bits per heavy atom. The molecule has 2 saturated carbocycles. The minimum Gasteiger partial charge on any atom is -0.345 e. The van der Waals surface area contributed by atoms with Gasteiger partial charge in [0.05, 0.1) is 10.2 Å². The van der Waals surface area contributed by atoms with Gasteiger partial charge in [0.15, 0.2) is 0 Å². The van der Waals surface area contributed by atoms with Crippen LogP contribution in [0.1, 0.15) is 68.8 Å². The van der Waals surface area contributed by atoms with Gasteiger partial charge in [-0.3, -0.25) is 0 Å². The lowest BCUT2D eigenvalue weighted by atomic mass is 10.0. The van der Waals surface area contributed by atoms with E-state index in [9.17, 15) is 0 Å². The van der Waals surface area contributed by atoms with Crippen LogP contribution in [0.5, 0.6) is 0 Å². The molecule has 1 aromatic heterocycles. The number of thioether (sulfide) groups is 1. The van der Waals surface area contributed by atoms with Crippen LogP contribution in [0.4, 0.5) is 0 Å². The van der Waals surface area contributed by atoms with E-state index in [0.717, 1.165) is 25.9 Å². The predicted molar refractivity (Wildman–Crippen MR) is 91.9 cm³/mol. The molecule has 110 valence electrons. The fourth-order valence-electron chi connectivity index (χ4n) is 3.34. The maximum absolute atomic E-state index is 5.43. The van der Waals surface area contributed by atoms with E-state index >= 15 is 0 Å². The summed E-state index contributed by atoms with van der Waals surface area (Å²) in [6.07, 6.45) is 10.8. The van der Waals surface area contributed by atoms with Crippen LogP contribution in [0.2, 0.25) is 0 Å². The lowest BCUT2D eigenvalue weighted by Crippen LogP contribution is -2.05. The number of nitrogens with zero attached hydrogens (tertiary/aromatic N) is 1. The first kappa shape index (κ1) is 15.0. The summed E-state index contributed by atoms with van der Waals surface area (Å²) in [5.41, 5.74) is 1.30. The molecule has 0 unspecified atom stereocenters. The number of aromatic nitrogens is 2. The second-order valence-corrected chi connectivity index (χ2v) is 8.38. The number of aromatic amines is 1. The van der Waals surface area contributed by atoms with Crippen LogP contribution in [-0.4, -0.2) is 15.2 Å². The van der Waals surface area contributed by atoms with Gasteiger partial charge in [0.25, 0.3) is 0 Å². The van der Waals surface area contributed by atoms with E-state index in [0.29, 0.717) is 5.92 Å².